The predicted molar refractivity (Wildman–Crippen MR) is 140 cm³/mol. The summed E-state index contributed by atoms with van der Waals surface area (Å²) in [4.78, 5) is 71.6. The third-order valence-electron chi connectivity index (χ3n) is 5.16. The molecule has 0 aliphatic heterocycles. The second-order valence-electron chi connectivity index (χ2n) is 9.88. The molecule has 6 N–H and O–H groups in total. The average Bonchev–Trinajstić information content (AvgIpc) is 2.83. The van der Waals surface area contributed by atoms with Gasteiger partial charge in [-0.15, -0.1) is 0 Å². The van der Waals surface area contributed by atoms with Gasteiger partial charge in [-0.2, -0.15) is 0 Å². The zero-order valence-corrected chi connectivity index (χ0v) is 22.9. The Hall–Kier alpha value is -4.36. The number of ether oxygens (including phenoxy) is 2. The highest BCUT2D eigenvalue weighted by molar-refractivity contribution is 5.96. The van der Waals surface area contributed by atoms with E-state index in [9.17, 15) is 33.9 Å². The van der Waals surface area contributed by atoms with E-state index in [0.717, 1.165) is 12.8 Å². The number of carboxylic acids is 3. The number of carbonyl (C=O) groups excluding carboxylic acids is 3. The molecule has 0 aliphatic rings. The van der Waals surface area contributed by atoms with Gasteiger partial charge in [-0.1, -0.05) is 31.9 Å². The van der Waals surface area contributed by atoms with Crippen LogP contribution < -0.4 is 20.7 Å². The standard InChI is InChI=1S/C26H37N3O11/c1-5-6-7-12-27-21(32)17(13-15-8-10-16(11-9-15)39-20(23(34)35)24(36)37)28-22(33)18(14-19(30)31)29-25(38)40-26(2,3)4/h8-11,17-18,20H,5-7,12-14H2,1-4H3,(H,27,32)(H,28,33)(H,29,38)(H,30,31)(H,34,35)(H,36,37)/t17-,18+/m0/s1. The van der Waals surface area contributed by atoms with Crippen molar-refractivity contribution in [1.82, 2.24) is 16.0 Å². The highest BCUT2D eigenvalue weighted by Crippen LogP contribution is 2.16. The molecule has 222 valence electrons. The van der Waals surface area contributed by atoms with Crippen molar-refractivity contribution in [3.63, 3.8) is 0 Å². The second kappa shape index (κ2) is 15.9. The van der Waals surface area contributed by atoms with Crippen molar-refractivity contribution >= 4 is 35.8 Å². The Morgan fingerprint density at radius 2 is 1.45 bits per heavy atom. The van der Waals surface area contributed by atoms with Gasteiger partial charge in [0, 0.05) is 13.0 Å². The van der Waals surface area contributed by atoms with Crippen molar-refractivity contribution < 1.29 is 53.6 Å². The van der Waals surface area contributed by atoms with Gasteiger partial charge in [-0.3, -0.25) is 14.4 Å². The van der Waals surface area contributed by atoms with Gasteiger partial charge < -0.3 is 40.7 Å². The third kappa shape index (κ3) is 12.9. The smallest absolute Gasteiger partial charge is 0.408 e. The Bertz CT molecular complexity index is 1040. The number of amides is 3. The van der Waals surface area contributed by atoms with Crippen LogP contribution in [0.1, 0.15) is 58.9 Å². The number of hydrogen-bond donors (Lipinski definition) is 6. The Labute approximate surface area is 231 Å². The highest BCUT2D eigenvalue weighted by atomic mass is 16.6. The van der Waals surface area contributed by atoms with Crippen LogP contribution in [0.15, 0.2) is 24.3 Å². The van der Waals surface area contributed by atoms with E-state index in [-0.39, 0.29) is 12.2 Å². The molecular weight excluding hydrogens is 530 g/mol. The van der Waals surface area contributed by atoms with Crippen molar-refractivity contribution in [2.75, 3.05) is 6.54 Å². The van der Waals surface area contributed by atoms with E-state index in [4.69, 9.17) is 19.7 Å². The summed E-state index contributed by atoms with van der Waals surface area (Å²) in [6, 6.07) is 2.80. The molecule has 2 atom stereocenters. The maximum absolute atomic E-state index is 13.0. The van der Waals surface area contributed by atoms with Crippen LogP contribution in [0, 0.1) is 0 Å². The van der Waals surface area contributed by atoms with Crippen LogP contribution in [0.5, 0.6) is 5.75 Å². The van der Waals surface area contributed by atoms with E-state index >= 15 is 0 Å². The van der Waals surface area contributed by atoms with Crippen LogP contribution in [0.4, 0.5) is 4.79 Å². The molecule has 40 heavy (non-hydrogen) atoms. The number of alkyl carbamates (subject to hydrolysis) is 1. The van der Waals surface area contributed by atoms with Crippen LogP contribution in [0.2, 0.25) is 0 Å². The summed E-state index contributed by atoms with van der Waals surface area (Å²) >= 11 is 0. The normalized spacial score (nSPS) is 12.5. The van der Waals surface area contributed by atoms with Crippen LogP contribution in [-0.4, -0.2) is 81.5 Å². The second-order valence-corrected chi connectivity index (χ2v) is 9.88. The third-order valence-corrected chi connectivity index (χ3v) is 5.16. The molecule has 0 saturated heterocycles. The number of nitrogens with one attached hydrogen (secondary N) is 3. The monoisotopic (exact) mass is 567 g/mol. The fourth-order valence-corrected chi connectivity index (χ4v) is 3.31. The van der Waals surface area contributed by atoms with E-state index < -0.39 is 66.0 Å². The molecule has 3 amide bonds. The Morgan fingerprint density at radius 3 is 1.95 bits per heavy atom. The molecule has 14 nitrogen and oxygen atoms in total. The fraction of sp³-hybridized carbons (Fsp3) is 0.538. The maximum atomic E-state index is 13.0. The number of unbranched alkanes of at least 4 members (excludes halogenated alkanes) is 2. The minimum Gasteiger partial charge on any atom is -0.481 e. The van der Waals surface area contributed by atoms with Crippen molar-refractivity contribution in [3.05, 3.63) is 29.8 Å². The van der Waals surface area contributed by atoms with Crippen LogP contribution in [0.3, 0.4) is 0 Å². The SMILES string of the molecule is CCCCCNC(=O)[C@H](Cc1ccc(OC(C(=O)O)C(=O)O)cc1)NC(=O)[C@@H](CC(=O)O)NC(=O)OC(C)(C)C. The first kappa shape index (κ1) is 33.7. The van der Waals surface area contributed by atoms with Crippen molar-refractivity contribution in [2.24, 2.45) is 0 Å². The Kier molecular flexibility index (Phi) is 13.4. The van der Waals surface area contributed by atoms with E-state index in [2.05, 4.69) is 16.0 Å². The van der Waals surface area contributed by atoms with Crippen LogP contribution in [0.25, 0.3) is 0 Å². The van der Waals surface area contributed by atoms with Gasteiger partial charge in [0.2, 0.25) is 11.8 Å². The van der Waals surface area contributed by atoms with Gasteiger partial charge >= 0.3 is 24.0 Å². The van der Waals surface area contributed by atoms with Crippen molar-refractivity contribution in [2.45, 2.75) is 83.6 Å². The first-order valence-electron chi connectivity index (χ1n) is 12.6. The number of carboxylic acid groups (broad SMARTS) is 3. The quantitative estimate of drug-likeness (QED) is 0.124. The number of hydrogen-bond acceptors (Lipinski definition) is 8. The molecule has 1 aromatic carbocycles. The van der Waals surface area contributed by atoms with Crippen molar-refractivity contribution in [3.8, 4) is 5.75 Å². The van der Waals surface area contributed by atoms with E-state index in [1.54, 1.807) is 20.8 Å². The molecule has 0 saturated carbocycles. The first-order valence-corrected chi connectivity index (χ1v) is 12.6. The fourth-order valence-electron chi connectivity index (χ4n) is 3.31. The van der Waals surface area contributed by atoms with Gasteiger partial charge in [0.1, 0.15) is 23.4 Å². The molecule has 0 heterocycles. The van der Waals surface area contributed by atoms with E-state index in [0.29, 0.717) is 18.5 Å². The molecule has 0 unspecified atom stereocenters. The van der Waals surface area contributed by atoms with Crippen molar-refractivity contribution in [1.29, 1.82) is 0 Å². The predicted octanol–water partition coefficient (Wildman–Crippen LogP) is 1.30. The first-order chi connectivity index (χ1) is 18.6. The largest absolute Gasteiger partial charge is 0.481 e. The lowest BCUT2D eigenvalue weighted by Crippen LogP contribution is -2.55. The van der Waals surface area contributed by atoms with Crippen LogP contribution >= 0.6 is 0 Å². The molecule has 1 rings (SSSR count). The number of benzene rings is 1. The average molecular weight is 568 g/mol. The lowest BCUT2D eigenvalue weighted by molar-refractivity contribution is -0.159. The lowest BCUT2D eigenvalue weighted by atomic mass is 10.0. The van der Waals surface area contributed by atoms with Gasteiger partial charge in [0.25, 0.3) is 6.10 Å². The number of rotatable bonds is 16. The lowest BCUT2D eigenvalue weighted by Gasteiger charge is -2.24. The summed E-state index contributed by atoms with van der Waals surface area (Å²) in [5, 5.41) is 34.6. The summed E-state index contributed by atoms with van der Waals surface area (Å²) in [7, 11) is 0. The summed E-state index contributed by atoms with van der Waals surface area (Å²) in [6.45, 7) is 7.12. The zero-order chi connectivity index (χ0) is 30.5. The summed E-state index contributed by atoms with van der Waals surface area (Å²) in [6.07, 6.45) is -1.48. The Balaban J connectivity index is 3.10. The molecule has 0 aromatic heterocycles. The summed E-state index contributed by atoms with van der Waals surface area (Å²) < 4.78 is 10.1. The maximum Gasteiger partial charge on any atom is 0.408 e. The number of carbonyl (C=O) groups is 6. The van der Waals surface area contributed by atoms with E-state index in [1.165, 1.54) is 24.3 Å². The molecule has 14 heteroatoms. The molecular formula is C26H37N3O11. The molecule has 0 fully saturated rings. The minimum atomic E-state index is -2.12. The van der Waals surface area contributed by atoms with E-state index in [1.807, 2.05) is 6.92 Å². The summed E-state index contributed by atoms with van der Waals surface area (Å²) in [5.74, 6) is -6.26. The number of aliphatic carboxylic acids is 3. The Morgan fingerprint density at radius 1 is 0.850 bits per heavy atom. The highest BCUT2D eigenvalue weighted by Gasteiger charge is 2.31. The molecule has 0 aliphatic carbocycles. The van der Waals surface area contributed by atoms with Gasteiger partial charge in [-0.25, -0.2) is 14.4 Å². The van der Waals surface area contributed by atoms with Gasteiger partial charge in [0.05, 0.1) is 6.42 Å². The zero-order valence-electron chi connectivity index (χ0n) is 22.9. The summed E-state index contributed by atoms with van der Waals surface area (Å²) in [5.41, 5.74) is -0.418. The topological polar surface area (TPSA) is 218 Å². The molecule has 0 bridgehead atoms. The molecule has 1 aromatic rings. The molecule has 0 spiro atoms. The minimum absolute atomic E-state index is 0.0498. The van der Waals surface area contributed by atoms with Gasteiger partial charge in [0.15, 0.2) is 0 Å². The van der Waals surface area contributed by atoms with Crippen LogP contribution in [-0.2, 0) is 35.1 Å². The molecule has 0 radical (unpaired) electrons. The van der Waals surface area contributed by atoms with Gasteiger partial charge in [-0.05, 0) is 44.9 Å².